The van der Waals surface area contributed by atoms with Crippen molar-refractivity contribution in [1.29, 1.82) is 0 Å². The number of pyridine rings is 1. The van der Waals surface area contributed by atoms with Crippen molar-refractivity contribution in [3.05, 3.63) is 78.1 Å². The van der Waals surface area contributed by atoms with Gasteiger partial charge >= 0.3 is 5.97 Å². The Hall–Kier alpha value is -3.71. The van der Waals surface area contributed by atoms with Gasteiger partial charge in [0.1, 0.15) is 11.7 Å². The van der Waals surface area contributed by atoms with Crippen molar-refractivity contribution in [2.24, 2.45) is 0 Å². The van der Waals surface area contributed by atoms with Gasteiger partial charge in [0, 0.05) is 17.4 Å². The number of ether oxygens (including phenoxy) is 2. The van der Waals surface area contributed by atoms with Crippen molar-refractivity contribution in [2.45, 2.75) is 45.3 Å². The van der Waals surface area contributed by atoms with Gasteiger partial charge in [-0.2, -0.15) is 0 Å². The second kappa shape index (κ2) is 10.7. The van der Waals surface area contributed by atoms with E-state index in [2.05, 4.69) is 15.6 Å². The van der Waals surface area contributed by atoms with Crippen LogP contribution in [-0.4, -0.2) is 41.7 Å². The van der Waals surface area contributed by atoms with Crippen LogP contribution in [0.15, 0.2) is 66.9 Å². The van der Waals surface area contributed by atoms with E-state index in [1.165, 1.54) is 0 Å². The molecule has 4 rings (SSSR count). The number of amides is 1. The molecule has 0 saturated carbocycles. The van der Waals surface area contributed by atoms with Crippen molar-refractivity contribution in [3.8, 4) is 16.9 Å². The monoisotopic (exact) mass is 473 g/mol. The molecule has 1 aliphatic heterocycles. The van der Waals surface area contributed by atoms with Gasteiger partial charge in [0.05, 0.1) is 5.56 Å². The van der Waals surface area contributed by atoms with Crippen LogP contribution < -0.4 is 15.4 Å². The lowest BCUT2D eigenvalue weighted by Gasteiger charge is -2.25. The second-order valence-corrected chi connectivity index (χ2v) is 9.54. The zero-order valence-corrected chi connectivity index (χ0v) is 20.3. The number of piperidine rings is 1. The lowest BCUT2D eigenvalue weighted by Crippen LogP contribution is -2.34. The molecule has 182 valence electrons. The third-order valence-electron chi connectivity index (χ3n) is 5.53. The van der Waals surface area contributed by atoms with Crippen LogP contribution in [0.4, 0.5) is 5.69 Å². The van der Waals surface area contributed by atoms with Crippen molar-refractivity contribution in [1.82, 2.24) is 10.3 Å². The summed E-state index contributed by atoms with van der Waals surface area (Å²) in [5, 5.41) is 6.19. The Bertz CT molecular complexity index is 1170. The highest BCUT2D eigenvalue weighted by Gasteiger charge is 2.22. The van der Waals surface area contributed by atoms with Gasteiger partial charge in [0.25, 0.3) is 5.91 Å². The lowest BCUT2D eigenvalue weighted by atomic mass is 10.1. The topological polar surface area (TPSA) is 89.5 Å². The Morgan fingerprint density at radius 3 is 2.31 bits per heavy atom. The zero-order chi connectivity index (χ0) is 24.8. The number of carbonyl (C=O) groups is 2. The predicted molar refractivity (Wildman–Crippen MR) is 136 cm³/mol. The van der Waals surface area contributed by atoms with Gasteiger partial charge in [0.2, 0.25) is 0 Å². The van der Waals surface area contributed by atoms with Crippen LogP contribution in [0.25, 0.3) is 11.1 Å². The molecule has 2 aromatic carbocycles. The number of aromatic nitrogens is 1. The highest BCUT2D eigenvalue weighted by Crippen LogP contribution is 2.28. The van der Waals surface area contributed by atoms with Gasteiger partial charge in [-0.25, -0.2) is 9.78 Å². The normalized spacial score (nSPS) is 14.3. The number of esters is 1. The molecule has 1 amide bonds. The molecule has 7 nitrogen and oxygen atoms in total. The molecule has 0 aliphatic carbocycles. The largest absolute Gasteiger partial charge is 0.488 e. The maximum absolute atomic E-state index is 13.2. The number of rotatable bonds is 6. The molecule has 1 saturated heterocycles. The number of hydrogen-bond acceptors (Lipinski definition) is 6. The summed E-state index contributed by atoms with van der Waals surface area (Å²) in [5.74, 6) is -0.328. The summed E-state index contributed by atoms with van der Waals surface area (Å²) in [6.07, 6.45) is 3.43. The van der Waals surface area contributed by atoms with Crippen LogP contribution in [0.1, 0.15) is 54.5 Å². The summed E-state index contributed by atoms with van der Waals surface area (Å²) in [6, 6.07) is 18.4. The van der Waals surface area contributed by atoms with Crippen molar-refractivity contribution in [2.75, 3.05) is 18.4 Å². The summed E-state index contributed by atoms with van der Waals surface area (Å²) in [5.41, 5.74) is 2.49. The minimum absolute atomic E-state index is 0.0173. The Morgan fingerprint density at radius 1 is 0.971 bits per heavy atom. The first-order valence-corrected chi connectivity index (χ1v) is 11.9. The number of nitrogens with one attached hydrogen (secondary N) is 2. The van der Waals surface area contributed by atoms with Gasteiger partial charge in [-0.3, -0.25) is 4.79 Å². The first kappa shape index (κ1) is 24.4. The zero-order valence-electron chi connectivity index (χ0n) is 20.3. The standard InChI is InChI=1S/C28H31N3O4/c1-28(2,3)35-27(33)20-9-11-22(12-10-20)31-26(32)25-24(34-23-13-15-29-16-14-23)17-21(18-30-25)19-7-5-4-6-8-19/h4-12,17-18,23,29H,13-16H2,1-3H3,(H,31,32). The molecular formula is C28H31N3O4. The van der Waals surface area contributed by atoms with Crippen LogP contribution in [0.3, 0.4) is 0 Å². The number of carbonyl (C=O) groups excluding carboxylic acids is 2. The molecule has 0 spiro atoms. The third kappa shape index (κ3) is 6.67. The summed E-state index contributed by atoms with van der Waals surface area (Å²) < 4.78 is 11.7. The van der Waals surface area contributed by atoms with Crippen LogP contribution in [0.2, 0.25) is 0 Å². The van der Waals surface area contributed by atoms with Crippen LogP contribution in [0.5, 0.6) is 5.75 Å². The van der Waals surface area contributed by atoms with Gasteiger partial charge < -0.3 is 20.1 Å². The molecule has 1 aromatic heterocycles. The molecular weight excluding hydrogens is 442 g/mol. The van der Waals surface area contributed by atoms with Crippen LogP contribution >= 0.6 is 0 Å². The van der Waals surface area contributed by atoms with E-state index in [4.69, 9.17) is 9.47 Å². The first-order valence-electron chi connectivity index (χ1n) is 11.9. The lowest BCUT2D eigenvalue weighted by molar-refractivity contribution is 0.00694. The maximum Gasteiger partial charge on any atom is 0.338 e. The quantitative estimate of drug-likeness (QED) is 0.485. The summed E-state index contributed by atoms with van der Waals surface area (Å²) in [6.45, 7) is 7.21. The minimum Gasteiger partial charge on any atom is -0.488 e. The summed E-state index contributed by atoms with van der Waals surface area (Å²) in [7, 11) is 0. The number of nitrogens with zero attached hydrogens (tertiary/aromatic N) is 1. The molecule has 0 bridgehead atoms. The fraction of sp³-hybridized carbons (Fsp3) is 0.321. The van der Waals surface area contributed by atoms with Gasteiger partial charge in [0.15, 0.2) is 11.4 Å². The van der Waals surface area contributed by atoms with Crippen LogP contribution in [0, 0.1) is 0 Å². The molecule has 1 aliphatic rings. The Morgan fingerprint density at radius 2 is 1.66 bits per heavy atom. The average molecular weight is 474 g/mol. The SMILES string of the molecule is CC(C)(C)OC(=O)c1ccc(NC(=O)c2ncc(-c3ccccc3)cc2OC2CCNCC2)cc1. The van der Waals surface area contributed by atoms with E-state index in [-0.39, 0.29) is 17.7 Å². The molecule has 2 N–H and O–H groups in total. The van der Waals surface area contributed by atoms with Crippen LogP contribution in [-0.2, 0) is 4.74 Å². The Balaban J connectivity index is 1.54. The maximum atomic E-state index is 13.2. The summed E-state index contributed by atoms with van der Waals surface area (Å²) >= 11 is 0. The van der Waals surface area contributed by atoms with E-state index in [1.807, 2.05) is 57.2 Å². The van der Waals surface area contributed by atoms with Gasteiger partial charge in [-0.1, -0.05) is 30.3 Å². The highest BCUT2D eigenvalue weighted by molar-refractivity contribution is 6.05. The molecule has 7 heteroatoms. The first-order chi connectivity index (χ1) is 16.8. The fourth-order valence-corrected chi connectivity index (χ4v) is 3.80. The van der Waals surface area contributed by atoms with Crippen molar-refractivity contribution >= 4 is 17.6 Å². The van der Waals surface area contributed by atoms with E-state index >= 15 is 0 Å². The van der Waals surface area contributed by atoms with Crippen molar-refractivity contribution in [3.63, 3.8) is 0 Å². The minimum atomic E-state index is -0.577. The number of anilines is 1. The predicted octanol–water partition coefficient (Wildman–Crippen LogP) is 5.09. The third-order valence-corrected chi connectivity index (χ3v) is 5.53. The molecule has 35 heavy (non-hydrogen) atoms. The fourth-order valence-electron chi connectivity index (χ4n) is 3.80. The van der Waals surface area contributed by atoms with E-state index in [0.29, 0.717) is 17.0 Å². The number of hydrogen-bond donors (Lipinski definition) is 2. The van der Waals surface area contributed by atoms with Gasteiger partial charge in [-0.15, -0.1) is 0 Å². The van der Waals surface area contributed by atoms with E-state index in [9.17, 15) is 9.59 Å². The van der Waals surface area contributed by atoms with E-state index < -0.39 is 11.6 Å². The van der Waals surface area contributed by atoms with Crippen molar-refractivity contribution < 1.29 is 19.1 Å². The van der Waals surface area contributed by atoms with E-state index in [0.717, 1.165) is 37.1 Å². The average Bonchev–Trinajstić information content (AvgIpc) is 2.84. The molecule has 3 aromatic rings. The number of benzene rings is 2. The molecule has 2 heterocycles. The smallest absolute Gasteiger partial charge is 0.338 e. The molecule has 0 atom stereocenters. The molecule has 0 unspecified atom stereocenters. The second-order valence-electron chi connectivity index (χ2n) is 9.54. The molecule has 0 radical (unpaired) electrons. The Labute approximate surface area is 205 Å². The van der Waals surface area contributed by atoms with Gasteiger partial charge in [-0.05, 0) is 82.6 Å². The Kier molecular flexibility index (Phi) is 7.46. The highest BCUT2D eigenvalue weighted by atomic mass is 16.6. The summed E-state index contributed by atoms with van der Waals surface area (Å²) in [4.78, 5) is 29.9. The molecule has 1 fully saturated rings. The van der Waals surface area contributed by atoms with E-state index in [1.54, 1.807) is 30.5 Å².